The number of piperidine rings is 1. The summed E-state index contributed by atoms with van der Waals surface area (Å²) in [5.41, 5.74) is 0.610. The smallest absolute Gasteiger partial charge is 0.255 e. The van der Waals surface area contributed by atoms with Crippen molar-refractivity contribution >= 4 is 5.91 Å². The van der Waals surface area contributed by atoms with Crippen LogP contribution >= 0.6 is 0 Å². The summed E-state index contributed by atoms with van der Waals surface area (Å²) in [6.07, 6.45) is 8.59. The molecule has 6 nitrogen and oxygen atoms in total. The van der Waals surface area contributed by atoms with Crippen molar-refractivity contribution in [2.45, 2.75) is 51.8 Å². The second-order valence-electron chi connectivity index (χ2n) is 6.43. The maximum Gasteiger partial charge on any atom is 0.255 e. The second-order valence-corrected chi connectivity index (χ2v) is 6.43. The molecule has 0 N–H and O–H groups in total. The Bertz CT molecular complexity index is 652. The molecule has 0 bridgehead atoms. The largest absolute Gasteiger partial charge is 0.475 e. The molecule has 1 fully saturated rings. The fourth-order valence-electron chi connectivity index (χ4n) is 3.07. The van der Waals surface area contributed by atoms with E-state index >= 15 is 0 Å². The molecule has 128 valence electrons. The Hall–Kier alpha value is -2.37. The minimum Gasteiger partial charge on any atom is -0.475 e. The normalized spacial score (nSPS) is 18.0. The van der Waals surface area contributed by atoms with Crippen LogP contribution < -0.4 is 4.74 Å². The van der Waals surface area contributed by atoms with Gasteiger partial charge in [-0.3, -0.25) is 9.48 Å². The highest BCUT2D eigenvalue weighted by Crippen LogP contribution is 2.21. The van der Waals surface area contributed by atoms with Crippen molar-refractivity contribution in [3.8, 4) is 5.88 Å². The first-order valence-corrected chi connectivity index (χ1v) is 8.54. The zero-order chi connectivity index (χ0) is 16.9. The average molecular weight is 328 g/mol. The molecule has 0 saturated carbocycles. The van der Waals surface area contributed by atoms with E-state index in [1.807, 2.05) is 35.7 Å². The molecule has 0 unspecified atom stereocenters. The van der Waals surface area contributed by atoms with Crippen molar-refractivity contribution in [3.05, 3.63) is 42.4 Å². The Balaban J connectivity index is 1.71. The Morgan fingerprint density at radius 2 is 2.25 bits per heavy atom. The van der Waals surface area contributed by atoms with Crippen LogP contribution in [-0.2, 0) is 6.54 Å². The number of hydrogen-bond acceptors (Lipinski definition) is 4. The lowest BCUT2D eigenvalue weighted by Gasteiger charge is -2.35. The van der Waals surface area contributed by atoms with E-state index < -0.39 is 0 Å². The number of ether oxygens (including phenoxy) is 1. The first kappa shape index (κ1) is 16.5. The molecule has 6 heteroatoms. The van der Waals surface area contributed by atoms with Gasteiger partial charge in [-0.15, -0.1) is 0 Å². The molecule has 1 amide bonds. The van der Waals surface area contributed by atoms with Crippen LogP contribution in [0.1, 0.15) is 43.5 Å². The summed E-state index contributed by atoms with van der Waals surface area (Å²) < 4.78 is 7.43. The van der Waals surface area contributed by atoms with Gasteiger partial charge in [-0.2, -0.15) is 5.10 Å². The monoisotopic (exact) mass is 328 g/mol. The van der Waals surface area contributed by atoms with Gasteiger partial charge in [0, 0.05) is 31.2 Å². The Morgan fingerprint density at radius 1 is 1.38 bits per heavy atom. The highest BCUT2D eigenvalue weighted by molar-refractivity contribution is 5.94. The molecular weight excluding hydrogens is 304 g/mol. The number of hydrogen-bond donors (Lipinski definition) is 0. The quantitative estimate of drug-likeness (QED) is 0.847. The number of aromatic nitrogens is 3. The van der Waals surface area contributed by atoms with Gasteiger partial charge < -0.3 is 9.64 Å². The van der Waals surface area contributed by atoms with Gasteiger partial charge in [0.1, 0.15) is 0 Å². The molecule has 1 aliphatic rings. The second kappa shape index (κ2) is 7.47. The van der Waals surface area contributed by atoms with E-state index in [0.717, 1.165) is 32.4 Å². The molecule has 24 heavy (non-hydrogen) atoms. The van der Waals surface area contributed by atoms with Crippen LogP contribution in [0.3, 0.4) is 0 Å². The number of carbonyl (C=O) groups is 1. The van der Waals surface area contributed by atoms with E-state index in [-0.39, 0.29) is 18.1 Å². The van der Waals surface area contributed by atoms with E-state index in [1.54, 1.807) is 24.5 Å². The average Bonchev–Trinajstić information content (AvgIpc) is 3.08. The van der Waals surface area contributed by atoms with Gasteiger partial charge in [0.05, 0.1) is 24.3 Å². The summed E-state index contributed by atoms with van der Waals surface area (Å²) in [5, 5.41) is 4.27. The van der Waals surface area contributed by atoms with Crippen molar-refractivity contribution in [1.29, 1.82) is 0 Å². The zero-order valence-electron chi connectivity index (χ0n) is 14.3. The topological polar surface area (TPSA) is 60.2 Å². The number of rotatable bonds is 5. The van der Waals surface area contributed by atoms with Gasteiger partial charge >= 0.3 is 0 Å². The fourth-order valence-corrected chi connectivity index (χ4v) is 3.07. The van der Waals surface area contributed by atoms with Gasteiger partial charge in [-0.1, -0.05) is 0 Å². The Kier molecular flexibility index (Phi) is 5.13. The van der Waals surface area contributed by atoms with Crippen molar-refractivity contribution in [2.24, 2.45) is 0 Å². The summed E-state index contributed by atoms with van der Waals surface area (Å²) in [5.74, 6) is 0.587. The predicted octanol–water partition coefficient (Wildman–Crippen LogP) is 2.76. The lowest BCUT2D eigenvalue weighted by Crippen LogP contribution is -2.46. The van der Waals surface area contributed by atoms with Crippen LogP contribution in [0, 0.1) is 0 Å². The molecule has 0 aromatic carbocycles. The number of pyridine rings is 1. The van der Waals surface area contributed by atoms with Crippen molar-refractivity contribution < 1.29 is 9.53 Å². The van der Waals surface area contributed by atoms with E-state index in [9.17, 15) is 4.79 Å². The summed E-state index contributed by atoms with van der Waals surface area (Å²) >= 11 is 0. The van der Waals surface area contributed by atoms with Crippen molar-refractivity contribution in [3.63, 3.8) is 0 Å². The zero-order valence-corrected chi connectivity index (χ0v) is 14.3. The third-order valence-electron chi connectivity index (χ3n) is 4.18. The highest BCUT2D eigenvalue weighted by atomic mass is 16.5. The molecule has 1 aliphatic heterocycles. The minimum absolute atomic E-state index is 0.0375. The van der Waals surface area contributed by atoms with Crippen molar-refractivity contribution in [2.75, 3.05) is 6.54 Å². The van der Waals surface area contributed by atoms with Crippen LogP contribution in [0.25, 0.3) is 0 Å². The lowest BCUT2D eigenvalue weighted by atomic mass is 10.0. The van der Waals surface area contributed by atoms with E-state index in [0.29, 0.717) is 11.4 Å². The van der Waals surface area contributed by atoms with Crippen LogP contribution in [-0.4, -0.2) is 44.3 Å². The van der Waals surface area contributed by atoms with E-state index in [1.165, 1.54) is 0 Å². The summed E-state index contributed by atoms with van der Waals surface area (Å²) in [4.78, 5) is 19.1. The molecule has 2 aromatic rings. The molecule has 1 saturated heterocycles. The molecule has 0 aliphatic carbocycles. The molecule has 1 atom stereocenters. The molecule has 0 radical (unpaired) electrons. The number of amides is 1. The lowest BCUT2D eigenvalue weighted by molar-refractivity contribution is 0.0583. The number of nitrogens with zero attached hydrogens (tertiary/aromatic N) is 4. The molecule has 0 spiro atoms. The first-order valence-electron chi connectivity index (χ1n) is 8.54. The van der Waals surface area contributed by atoms with Crippen molar-refractivity contribution in [1.82, 2.24) is 19.7 Å². The third-order valence-corrected chi connectivity index (χ3v) is 4.18. The van der Waals surface area contributed by atoms with Crippen LogP contribution in [0.4, 0.5) is 0 Å². The number of likely N-dealkylation sites (tertiary alicyclic amines) is 1. The van der Waals surface area contributed by atoms with E-state index in [2.05, 4.69) is 10.1 Å². The Morgan fingerprint density at radius 3 is 2.92 bits per heavy atom. The summed E-state index contributed by atoms with van der Waals surface area (Å²) in [6.45, 7) is 5.43. The highest BCUT2D eigenvalue weighted by Gasteiger charge is 2.28. The number of carbonyl (C=O) groups excluding carboxylic acids is 1. The van der Waals surface area contributed by atoms with Gasteiger partial charge in [0.25, 0.3) is 5.91 Å². The SMILES string of the molecule is CC(C)Oc1ccc(C(=O)N2CCCC[C@H]2Cn2cccn2)cn1. The fraction of sp³-hybridized carbons (Fsp3) is 0.500. The van der Waals surface area contributed by atoms with Gasteiger partial charge in [-0.05, 0) is 45.2 Å². The first-order chi connectivity index (χ1) is 11.6. The molecular formula is C18H24N4O2. The molecule has 3 rings (SSSR count). The maximum absolute atomic E-state index is 12.9. The Labute approximate surface area is 142 Å². The molecule has 3 heterocycles. The van der Waals surface area contributed by atoms with Gasteiger partial charge in [0.15, 0.2) is 0 Å². The van der Waals surface area contributed by atoms with Gasteiger partial charge in [-0.25, -0.2) is 4.98 Å². The summed E-state index contributed by atoms with van der Waals surface area (Å²) in [7, 11) is 0. The summed E-state index contributed by atoms with van der Waals surface area (Å²) in [6, 6.07) is 5.65. The van der Waals surface area contributed by atoms with Crippen LogP contribution in [0.15, 0.2) is 36.8 Å². The molecule has 2 aromatic heterocycles. The van der Waals surface area contributed by atoms with Gasteiger partial charge in [0.2, 0.25) is 5.88 Å². The van der Waals surface area contributed by atoms with Crippen LogP contribution in [0.2, 0.25) is 0 Å². The maximum atomic E-state index is 12.9. The third kappa shape index (κ3) is 3.93. The van der Waals surface area contributed by atoms with Crippen LogP contribution in [0.5, 0.6) is 5.88 Å². The van der Waals surface area contributed by atoms with E-state index in [4.69, 9.17) is 4.74 Å². The predicted molar refractivity (Wildman–Crippen MR) is 90.9 cm³/mol. The standard InChI is InChI=1S/C18H24N4O2/c1-14(2)24-17-8-7-15(12-19-17)18(23)22-11-4-3-6-16(22)13-21-10-5-9-20-21/h5,7-10,12,14,16H,3-4,6,11,13H2,1-2H3/t16-/m0/s1. The minimum atomic E-state index is 0.0375.